The van der Waals surface area contributed by atoms with E-state index >= 15 is 0 Å². The second-order valence-corrected chi connectivity index (χ2v) is 3.44. The normalized spacial score (nSPS) is 13.0. The Balaban J connectivity index is 2.42. The Morgan fingerprint density at radius 2 is 2.33 bits per heavy atom. The third kappa shape index (κ3) is 4.35. The van der Waals surface area contributed by atoms with E-state index in [4.69, 9.17) is 4.74 Å². The van der Waals surface area contributed by atoms with Gasteiger partial charge in [0.1, 0.15) is 0 Å². The van der Waals surface area contributed by atoms with Crippen LogP contribution in [0.5, 0.6) is 0 Å². The molecular weight excluding hydrogens is 194 g/mol. The molecule has 0 saturated heterocycles. The van der Waals surface area contributed by atoms with Crippen molar-refractivity contribution in [2.45, 2.75) is 25.8 Å². The smallest absolute Gasteiger partial charge is 0.176 e. The van der Waals surface area contributed by atoms with E-state index in [9.17, 15) is 0 Å². The maximum atomic E-state index is 5.06. The SMILES string of the molecule is CCNC(CCOC)Cc1nnn(C)n1. The van der Waals surface area contributed by atoms with Crippen molar-refractivity contribution in [1.29, 1.82) is 0 Å². The minimum Gasteiger partial charge on any atom is -0.385 e. The predicted octanol–water partition coefficient (Wildman–Crippen LogP) is -0.233. The first-order chi connectivity index (χ1) is 7.26. The number of nitrogens with zero attached hydrogens (tertiary/aromatic N) is 4. The van der Waals surface area contributed by atoms with E-state index in [0.717, 1.165) is 31.8 Å². The van der Waals surface area contributed by atoms with Crippen LogP contribution in [-0.4, -0.2) is 46.5 Å². The molecule has 1 aromatic rings. The number of hydrogen-bond donors (Lipinski definition) is 1. The summed E-state index contributed by atoms with van der Waals surface area (Å²) in [5.74, 6) is 0.777. The Hall–Kier alpha value is -1.01. The van der Waals surface area contributed by atoms with Crippen molar-refractivity contribution in [3.63, 3.8) is 0 Å². The van der Waals surface area contributed by atoms with Crippen LogP contribution >= 0.6 is 0 Å². The van der Waals surface area contributed by atoms with Crippen LogP contribution in [0.3, 0.4) is 0 Å². The van der Waals surface area contributed by atoms with Crippen LogP contribution in [0.4, 0.5) is 0 Å². The van der Waals surface area contributed by atoms with E-state index < -0.39 is 0 Å². The van der Waals surface area contributed by atoms with Gasteiger partial charge in [-0.15, -0.1) is 10.2 Å². The van der Waals surface area contributed by atoms with Gasteiger partial charge in [-0.2, -0.15) is 4.80 Å². The summed E-state index contributed by atoms with van der Waals surface area (Å²) in [6, 6.07) is 0.360. The van der Waals surface area contributed by atoms with Crippen molar-refractivity contribution >= 4 is 0 Å². The molecule has 0 spiro atoms. The molecule has 0 radical (unpaired) electrons. The van der Waals surface area contributed by atoms with E-state index in [2.05, 4.69) is 27.7 Å². The highest BCUT2D eigenvalue weighted by atomic mass is 16.5. The molecule has 0 aliphatic rings. The molecule has 15 heavy (non-hydrogen) atoms. The summed E-state index contributed by atoms with van der Waals surface area (Å²) >= 11 is 0. The highest BCUT2D eigenvalue weighted by Gasteiger charge is 2.11. The summed E-state index contributed by atoms with van der Waals surface area (Å²) in [6.07, 6.45) is 1.76. The third-order valence-electron chi connectivity index (χ3n) is 2.14. The van der Waals surface area contributed by atoms with E-state index in [1.165, 1.54) is 4.80 Å². The number of nitrogens with one attached hydrogen (secondary N) is 1. The van der Waals surface area contributed by atoms with Crippen LogP contribution in [0.1, 0.15) is 19.2 Å². The minimum atomic E-state index is 0.360. The molecule has 1 heterocycles. The Bertz CT molecular complexity index is 275. The second kappa shape index (κ2) is 6.47. The van der Waals surface area contributed by atoms with Crippen molar-refractivity contribution in [1.82, 2.24) is 25.5 Å². The van der Waals surface area contributed by atoms with E-state index in [0.29, 0.717) is 6.04 Å². The summed E-state index contributed by atoms with van der Waals surface area (Å²) in [4.78, 5) is 1.48. The monoisotopic (exact) mass is 213 g/mol. The fraction of sp³-hybridized carbons (Fsp3) is 0.889. The van der Waals surface area contributed by atoms with Crippen molar-refractivity contribution < 1.29 is 4.74 Å². The maximum Gasteiger partial charge on any atom is 0.176 e. The average Bonchev–Trinajstić information content (AvgIpc) is 2.61. The highest BCUT2D eigenvalue weighted by Crippen LogP contribution is 2.00. The van der Waals surface area contributed by atoms with Crippen LogP contribution in [0.2, 0.25) is 0 Å². The number of rotatable bonds is 7. The summed E-state index contributed by atoms with van der Waals surface area (Å²) in [5.41, 5.74) is 0. The zero-order valence-electron chi connectivity index (χ0n) is 9.60. The highest BCUT2D eigenvalue weighted by molar-refractivity contribution is 4.84. The number of aromatic nitrogens is 4. The molecule has 1 unspecified atom stereocenters. The Morgan fingerprint density at radius 1 is 1.53 bits per heavy atom. The second-order valence-electron chi connectivity index (χ2n) is 3.44. The first-order valence-electron chi connectivity index (χ1n) is 5.21. The van der Waals surface area contributed by atoms with Crippen LogP contribution < -0.4 is 5.32 Å². The van der Waals surface area contributed by atoms with Gasteiger partial charge >= 0.3 is 0 Å². The van der Waals surface area contributed by atoms with Gasteiger partial charge in [-0.3, -0.25) is 0 Å². The fourth-order valence-electron chi connectivity index (χ4n) is 1.45. The molecule has 0 amide bonds. The average molecular weight is 213 g/mol. The predicted molar refractivity (Wildman–Crippen MR) is 56.5 cm³/mol. The lowest BCUT2D eigenvalue weighted by molar-refractivity contribution is 0.182. The number of hydrogen-bond acceptors (Lipinski definition) is 5. The quantitative estimate of drug-likeness (QED) is 0.677. The third-order valence-corrected chi connectivity index (χ3v) is 2.14. The van der Waals surface area contributed by atoms with Gasteiger partial charge in [0, 0.05) is 26.2 Å². The molecule has 1 atom stereocenters. The first-order valence-corrected chi connectivity index (χ1v) is 5.21. The van der Waals surface area contributed by atoms with Crippen LogP contribution in [0, 0.1) is 0 Å². The van der Waals surface area contributed by atoms with Crippen LogP contribution in [0.25, 0.3) is 0 Å². The molecule has 6 nitrogen and oxygen atoms in total. The van der Waals surface area contributed by atoms with Gasteiger partial charge in [0.05, 0.1) is 7.05 Å². The summed E-state index contributed by atoms with van der Waals surface area (Å²) in [6.45, 7) is 3.77. The topological polar surface area (TPSA) is 64.9 Å². The molecule has 0 bridgehead atoms. The molecule has 0 aliphatic heterocycles. The first kappa shape index (κ1) is 12.1. The minimum absolute atomic E-state index is 0.360. The van der Waals surface area contributed by atoms with Gasteiger partial charge in [0.25, 0.3) is 0 Å². The summed E-state index contributed by atoms with van der Waals surface area (Å²) < 4.78 is 5.06. The fourth-order valence-corrected chi connectivity index (χ4v) is 1.45. The number of methoxy groups -OCH3 is 1. The van der Waals surface area contributed by atoms with Crippen molar-refractivity contribution in [2.24, 2.45) is 7.05 Å². The molecule has 1 aromatic heterocycles. The number of ether oxygens (including phenoxy) is 1. The molecular formula is C9H19N5O. The number of likely N-dealkylation sites (N-methyl/N-ethyl adjacent to an activating group) is 1. The van der Waals surface area contributed by atoms with Crippen LogP contribution in [-0.2, 0) is 18.2 Å². The zero-order chi connectivity index (χ0) is 11.1. The van der Waals surface area contributed by atoms with Gasteiger partial charge < -0.3 is 10.1 Å². The van der Waals surface area contributed by atoms with Crippen molar-refractivity contribution in [3.05, 3.63) is 5.82 Å². The van der Waals surface area contributed by atoms with E-state index in [-0.39, 0.29) is 0 Å². The maximum absolute atomic E-state index is 5.06. The summed E-state index contributed by atoms with van der Waals surface area (Å²) in [7, 11) is 3.48. The molecule has 1 rings (SSSR count). The van der Waals surface area contributed by atoms with Gasteiger partial charge in [0.2, 0.25) is 0 Å². The lowest BCUT2D eigenvalue weighted by atomic mass is 10.1. The molecule has 0 aromatic carbocycles. The van der Waals surface area contributed by atoms with Gasteiger partial charge in [-0.25, -0.2) is 0 Å². The molecule has 1 N–H and O–H groups in total. The van der Waals surface area contributed by atoms with Gasteiger partial charge in [-0.1, -0.05) is 6.92 Å². The van der Waals surface area contributed by atoms with Crippen LogP contribution in [0.15, 0.2) is 0 Å². The van der Waals surface area contributed by atoms with Gasteiger partial charge in [-0.05, 0) is 18.2 Å². The molecule has 6 heteroatoms. The Kier molecular flexibility index (Phi) is 5.20. The zero-order valence-corrected chi connectivity index (χ0v) is 9.60. The number of tetrazole rings is 1. The standard InChI is InChI=1S/C9H19N5O/c1-4-10-8(5-6-15-3)7-9-11-13-14(2)12-9/h8,10H,4-7H2,1-3H3. The lowest BCUT2D eigenvalue weighted by Crippen LogP contribution is -2.32. The van der Waals surface area contributed by atoms with Crippen molar-refractivity contribution in [2.75, 3.05) is 20.3 Å². The molecule has 86 valence electrons. The largest absolute Gasteiger partial charge is 0.385 e. The Morgan fingerprint density at radius 3 is 2.87 bits per heavy atom. The van der Waals surface area contributed by atoms with E-state index in [1.54, 1.807) is 14.2 Å². The molecule has 0 fully saturated rings. The summed E-state index contributed by atoms with van der Waals surface area (Å²) in [5, 5.41) is 15.3. The molecule has 0 aliphatic carbocycles. The lowest BCUT2D eigenvalue weighted by Gasteiger charge is -2.15. The van der Waals surface area contributed by atoms with Gasteiger partial charge in [0.15, 0.2) is 5.82 Å². The molecule has 0 saturated carbocycles. The Labute approximate surface area is 90.0 Å². The van der Waals surface area contributed by atoms with Crippen molar-refractivity contribution in [3.8, 4) is 0 Å². The number of aryl methyl sites for hydroxylation is 1. The van der Waals surface area contributed by atoms with E-state index in [1.807, 2.05) is 0 Å².